The highest BCUT2D eigenvalue weighted by atomic mass is 16.5. The van der Waals surface area contributed by atoms with E-state index >= 15 is 0 Å². The number of aliphatic hydroxyl groups excluding tert-OH is 1. The van der Waals surface area contributed by atoms with Gasteiger partial charge in [-0.2, -0.15) is 0 Å². The van der Waals surface area contributed by atoms with Crippen LogP contribution < -0.4 is 4.90 Å². The maximum absolute atomic E-state index is 12.2. The summed E-state index contributed by atoms with van der Waals surface area (Å²) in [6.45, 7) is 1.10. The standard InChI is InChI=1S/C20H23NO3/c22-19-12-6-7-13-21(19)18-11-5-4-10-17(18)14-20(23)24-15-16-8-2-1-3-9-16/h1-5,8-11,19,22H,6-7,12-15H2. The minimum absolute atomic E-state index is 0.215. The molecule has 1 N–H and O–H groups in total. The molecule has 2 aromatic rings. The number of hydrogen-bond acceptors (Lipinski definition) is 4. The Balaban J connectivity index is 1.65. The SMILES string of the molecule is O=C(Cc1ccccc1N1CCCCC1O)OCc1ccccc1. The third-order valence-electron chi connectivity index (χ3n) is 4.35. The molecule has 0 aliphatic carbocycles. The summed E-state index contributed by atoms with van der Waals surface area (Å²) in [6, 6.07) is 17.4. The van der Waals surface area contributed by atoms with E-state index in [2.05, 4.69) is 0 Å². The summed E-state index contributed by atoms with van der Waals surface area (Å²) >= 11 is 0. The third kappa shape index (κ3) is 4.15. The van der Waals surface area contributed by atoms with E-state index in [1.54, 1.807) is 0 Å². The summed E-state index contributed by atoms with van der Waals surface area (Å²) in [5.74, 6) is -0.252. The second kappa shape index (κ2) is 7.97. The van der Waals surface area contributed by atoms with E-state index in [0.717, 1.165) is 42.6 Å². The molecule has 0 bridgehead atoms. The van der Waals surface area contributed by atoms with Gasteiger partial charge in [0.15, 0.2) is 0 Å². The van der Waals surface area contributed by atoms with Crippen molar-refractivity contribution in [3.63, 3.8) is 0 Å². The number of ether oxygens (including phenoxy) is 1. The average molecular weight is 325 g/mol. The zero-order chi connectivity index (χ0) is 16.8. The number of anilines is 1. The van der Waals surface area contributed by atoms with Gasteiger partial charge in [0.2, 0.25) is 0 Å². The van der Waals surface area contributed by atoms with Crippen LogP contribution in [0.4, 0.5) is 5.69 Å². The topological polar surface area (TPSA) is 49.8 Å². The van der Waals surface area contributed by atoms with Crippen molar-refractivity contribution in [2.45, 2.75) is 38.5 Å². The molecule has 2 aromatic carbocycles. The molecule has 0 amide bonds. The van der Waals surface area contributed by atoms with Crippen LogP contribution in [0.5, 0.6) is 0 Å². The number of nitrogens with zero attached hydrogens (tertiary/aromatic N) is 1. The number of piperidine rings is 1. The lowest BCUT2D eigenvalue weighted by Gasteiger charge is -2.35. The second-order valence-corrected chi connectivity index (χ2v) is 6.12. The molecule has 4 nitrogen and oxygen atoms in total. The van der Waals surface area contributed by atoms with Crippen LogP contribution in [0.2, 0.25) is 0 Å². The molecule has 0 saturated carbocycles. The van der Waals surface area contributed by atoms with Crippen LogP contribution in [0.1, 0.15) is 30.4 Å². The van der Waals surface area contributed by atoms with Gasteiger partial charge < -0.3 is 14.7 Å². The highest BCUT2D eigenvalue weighted by Gasteiger charge is 2.22. The number of carbonyl (C=O) groups is 1. The predicted molar refractivity (Wildman–Crippen MR) is 93.6 cm³/mol. The molecule has 1 fully saturated rings. The first kappa shape index (κ1) is 16.5. The molecular formula is C20H23NO3. The monoisotopic (exact) mass is 325 g/mol. The quantitative estimate of drug-likeness (QED) is 0.857. The van der Waals surface area contributed by atoms with Gasteiger partial charge in [0, 0.05) is 12.2 Å². The highest BCUT2D eigenvalue weighted by molar-refractivity contribution is 5.75. The molecule has 0 spiro atoms. The first-order chi connectivity index (χ1) is 11.7. The second-order valence-electron chi connectivity index (χ2n) is 6.12. The van der Waals surface area contributed by atoms with Crippen molar-refractivity contribution in [1.29, 1.82) is 0 Å². The van der Waals surface area contributed by atoms with E-state index in [0.29, 0.717) is 0 Å². The van der Waals surface area contributed by atoms with E-state index in [1.165, 1.54) is 0 Å². The summed E-state index contributed by atoms with van der Waals surface area (Å²) < 4.78 is 5.38. The number of para-hydroxylation sites is 1. The van der Waals surface area contributed by atoms with Crippen molar-refractivity contribution >= 4 is 11.7 Å². The lowest BCUT2D eigenvalue weighted by atomic mass is 10.0. The zero-order valence-electron chi connectivity index (χ0n) is 13.7. The molecule has 0 aromatic heterocycles. The molecule has 1 saturated heterocycles. The van der Waals surface area contributed by atoms with Crippen LogP contribution >= 0.6 is 0 Å². The van der Waals surface area contributed by atoms with Crippen LogP contribution in [0.25, 0.3) is 0 Å². The van der Waals surface area contributed by atoms with Gasteiger partial charge in [-0.3, -0.25) is 4.79 Å². The molecule has 3 rings (SSSR count). The zero-order valence-corrected chi connectivity index (χ0v) is 13.7. The van der Waals surface area contributed by atoms with Crippen molar-refractivity contribution in [2.24, 2.45) is 0 Å². The molecule has 1 atom stereocenters. The summed E-state index contributed by atoms with van der Waals surface area (Å²) in [5, 5.41) is 10.2. The Bertz CT molecular complexity index is 672. The molecule has 4 heteroatoms. The van der Waals surface area contributed by atoms with Gasteiger partial charge in [-0.15, -0.1) is 0 Å². The summed E-state index contributed by atoms with van der Waals surface area (Å²) in [4.78, 5) is 14.2. The van der Waals surface area contributed by atoms with Crippen molar-refractivity contribution in [2.75, 3.05) is 11.4 Å². The fraction of sp³-hybridized carbons (Fsp3) is 0.350. The van der Waals surface area contributed by atoms with Gasteiger partial charge in [-0.05, 0) is 36.5 Å². The molecule has 24 heavy (non-hydrogen) atoms. The number of hydrogen-bond donors (Lipinski definition) is 1. The fourth-order valence-electron chi connectivity index (χ4n) is 3.08. The molecule has 1 aliphatic rings. The fourth-order valence-corrected chi connectivity index (χ4v) is 3.08. The number of rotatable bonds is 5. The molecule has 1 unspecified atom stereocenters. The predicted octanol–water partition coefficient (Wildman–Crippen LogP) is 3.28. The van der Waals surface area contributed by atoms with E-state index < -0.39 is 6.23 Å². The Morgan fingerprint density at radius 3 is 2.62 bits per heavy atom. The number of esters is 1. The van der Waals surface area contributed by atoms with Crippen LogP contribution in [0.15, 0.2) is 54.6 Å². The minimum atomic E-state index is -0.472. The largest absolute Gasteiger partial charge is 0.461 e. The minimum Gasteiger partial charge on any atom is -0.461 e. The van der Waals surface area contributed by atoms with Crippen LogP contribution in [0.3, 0.4) is 0 Å². The van der Waals surface area contributed by atoms with E-state index in [4.69, 9.17) is 4.74 Å². The number of aliphatic hydroxyl groups is 1. The first-order valence-electron chi connectivity index (χ1n) is 8.46. The smallest absolute Gasteiger partial charge is 0.310 e. The first-order valence-corrected chi connectivity index (χ1v) is 8.46. The van der Waals surface area contributed by atoms with Crippen LogP contribution in [0, 0.1) is 0 Å². The van der Waals surface area contributed by atoms with Crippen molar-refractivity contribution in [3.8, 4) is 0 Å². The van der Waals surface area contributed by atoms with Crippen LogP contribution in [-0.2, 0) is 22.6 Å². The Labute approximate surface area is 142 Å². The van der Waals surface area contributed by atoms with Gasteiger partial charge >= 0.3 is 5.97 Å². The molecular weight excluding hydrogens is 302 g/mol. The maximum atomic E-state index is 12.2. The summed E-state index contributed by atoms with van der Waals surface area (Å²) in [7, 11) is 0. The molecule has 1 aliphatic heterocycles. The van der Waals surface area contributed by atoms with Gasteiger partial charge in [-0.1, -0.05) is 48.5 Å². The maximum Gasteiger partial charge on any atom is 0.310 e. The average Bonchev–Trinajstić information content (AvgIpc) is 2.62. The van der Waals surface area contributed by atoms with Crippen molar-refractivity contribution in [1.82, 2.24) is 0 Å². The highest BCUT2D eigenvalue weighted by Crippen LogP contribution is 2.27. The van der Waals surface area contributed by atoms with E-state index in [-0.39, 0.29) is 19.0 Å². The Hall–Kier alpha value is -2.33. The van der Waals surface area contributed by atoms with Gasteiger partial charge in [-0.25, -0.2) is 0 Å². The van der Waals surface area contributed by atoms with Gasteiger partial charge in [0.1, 0.15) is 12.8 Å². The van der Waals surface area contributed by atoms with E-state index in [9.17, 15) is 9.90 Å². The molecule has 1 heterocycles. The van der Waals surface area contributed by atoms with Crippen molar-refractivity contribution in [3.05, 3.63) is 65.7 Å². The Morgan fingerprint density at radius 2 is 1.83 bits per heavy atom. The summed E-state index contributed by atoms with van der Waals surface area (Å²) in [6.07, 6.45) is 2.61. The normalized spacial score (nSPS) is 17.5. The number of carbonyl (C=O) groups excluding carboxylic acids is 1. The van der Waals surface area contributed by atoms with Gasteiger partial charge in [0.25, 0.3) is 0 Å². The Kier molecular flexibility index (Phi) is 5.49. The van der Waals surface area contributed by atoms with Crippen LogP contribution in [-0.4, -0.2) is 23.8 Å². The van der Waals surface area contributed by atoms with E-state index in [1.807, 2.05) is 59.5 Å². The van der Waals surface area contributed by atoms with Crippen molar-refractivity contribution < 1.29 is 14.6 Å². The molecule has 0 radical (unpaired) electrons. The Morgan fingerprint density at radius 1 is 1.08 bits per heavy atom. The lowest BCUT2D eigenvalue weighted by Crippen LogP contribution is -2.40. The third-order valence-corrected chi connectivity index (χ3v) is 4.35. The summed E-state index contributed by atoms with van der Waals surface area (Å²) in [5.41, 5.74) is 2.81. The lowest BCUT2D eigenvalue weighted by molar-refractivity contribution is -0.144. The molecule has 126 valence electrons. The number of benzene rings is 2. The van der Waals surface area contributed by atoms with Gasteiger partial charge in [0.05, 0.1) is 6.42 Å².